The summed E-state index contributed by atoms with van der Waals surface area (Å²) in [7, 11) is 0. The maximum Gasteiger partial charge on any atom is 0.432 e. The van der Waals surface area contributed by atoms with E-state index in [2.05, 4.69) is 5.10 Å². The first-order valence-electron chi connectivity index (χ1n) is 3.34. The van der Waals surface area contributed by atoms with Gasteiger partial charge in [0.05, 0.1) is 10.6 Å². The minimum Gasteiger partial charge on any atom is -0.273 e. The first-order chi connectivity index (χ1) is 6.39. The van der Waals surface area contributed by atoms with Gasteiger partial charge in [0.15, 0.2) is 0 Å². The number of halogens is 3. The Bertz CT molecular complexity index is 369. The smallest absolute Gasteiger partial charge is 0.273 e. The van der Waals surface area contributed by atoms with E-state index in [1.54, 1.807) is 5.10 Å². The van der Waals surface area contributed by atoms with Crippen molar-refractivity contribution in [1.82, 2.24) is 10.2 Å². The van der Waals surface area contributed by atoms with Crippen molar-refractivity contribution < 1.29 is 18.1 Å². The Morgan fingerprint density at radius 2 is 2.21 bits per heavy atom. The topological polar surface area (TPSA) is 71.8 Å². The Balaban J connectivity index is 2.84. The molecule has 0 amide bonds. The molecular formula is C6H4F3N3O2. The highest BCUT2D eigenvalue weighted by Crippen LogP contribution is 2.27. The molecule has 0 aromatic carbocycles. The SMILES string of the molecule is O=[N+]([O-])/C=C/c1cc(C(F)(F)F)[nH]n1. The third-order valence-corrected chi connectivity index (χ3v) is 1.27. The van der Waals surface area contributed by atoms with E-state index in [0.717, 1.165) is 6.08 Å². The lowest BCUT2D eigenvalue weighted by Crippen LogP contribution is -2.04. The molecule has 8 heteroatoms. The van der Waals surface area contributed by atoms with Gasteiger partial charge in [-0.1, -0.05) is 0 Å². The molecule has 76 valence electrons. The summed E-state index contributed by atoms with van der Waals surface area (Å²) in [6, 6.07) is 0.681. The highest BCUT2D eigenvalue weighted by molar-refractivity contribution is 5.43. The lowest BCUT2D eigenvalue weighted by atomic mass is 10.3. The van der Waals surface area contributed by atoms with Crippen LogP contribution in [0.15, 0.2) is 12.3 Å². The van der Waals surface area contributed by atoms with Crippen LogP contribution in [0.2, 0.25) is 0 Å². The normalized spacial score (nSPS) is 12.2. The van der Waals surface area contributed by atoms with E-state index in [4.69, 9.17) is 0 Å². The monoisotopic (exact) mass is 207 g/mol. The molecule has 0 unspecified atom stereocenters. The number of hydrogen-bond donors (Lipinski definition) is 1. The molecule has 1 heterocycles. The summed E-state index contributed by atoms with van der Waals surface area (Å²) < 4.78 is 35.9. The Labute approximate surface area is 75.4 Å². The molecule has 0 saturated heterocycles. The Hall–Kier alpha value is -1.86. The van der Waals surface area contributed by atoms with Crippen LogP contribution < -0.4 is 0 Å². The predicted octanol–water partition coefficient (Wildman–Crippen LogP) is 1.68. The summed E-state index contributed by atoms with van der Waals surface area (Å²) >= 11 is 0. The van der Waals surface area contributed by atoms with Gasteiger partial charge in [-0.05, 0) is 6.07 Å². The van der Waals surface area contributed by atoms with Gasteiger partial charge in [0, 0.05) is 6.08 Å². The van der Waals surface area contributed by atoms with E-state index in [1.807, 2.05) is 0 Å². The fraction of sp³-hybridized carbons (Fsp3) is 0.167. The van der Waals surface area contributed by atoms with E-state index >= 15 is 0 Å². The van der Waals surface area contributed by atoms with E-state index in [-0.39, 0.29) is 5.69 Å². The van der Waals surface area contributed by atoms with Crippen LogP contribution in [-0.4, -0.2) is 15.1 Å². The van der Waals surface area contributed by atoms with Crippen LogP contribution in [0.5, 0.6) is 0 Å². The first kappa shape index (κ1) is 10.2. The molecule has 0 fully saturated rings. The van der Waals surface area contributed by atoms with Gasteiger partial charge in [0.25, 0.3) is 0 Å². The van der Waals surface area contributed by atoms with Crippen molar-refractivity contribution >= 4 is 6.08 Å². The van der Waals surface area contributed by atoms with Crippen LogP contribution in [0.1, 0.15) is 11.4 Å². The number of aromatic amines is 1. The highest BCUT2D eigenvalue weighted by Gasteiger charge is 2.32. The molecule has 0 bridgehead atoms. The second kappa shape index (κ2) is 3.48. The molecule has 0 aliphatic rings. The van der Waals surface area contributed by atoms with Crippen LogP contribution in [0.3, 0.4) is 0 Å². The third-order valence-electron chi connectivity index (χ3n) is 1.27. The minimum atomic E-state index is -4.52. The lowest BCUT2D eigenvalue weighted by Gasteiger charge is -1.99. The van der Waals surface area contributed by atoms with Gasteiger partial charge in [0.1, 0.15) is 5.69 Å². The molecule has 5 nitrogen and oxygen atoms in total. The number of rotatable bonds is 2. The Kier molecular flexibility index (Phi) is 2.54. The van der Waals surface area contributed by atoms with Crippen LogP contribution >= 0.6 is 0 Å². The second-order valence-corrected chi connectivity index (χ2v) is 2.31. The van der Waals surface area contributed by atoms with Gasteiger partial charge < -0.3 is 0 Å². The molecular weight excluding hydrogens is 203 g/mol. The lowest BCUT2D eigenvalue weighted by molar-refractivity contribution is -0.401. The van der Waals surface area contributed by atoms with Crippen LogP contribution in [0, 0.1) is 10.1 Å². The van der Waals surface area contributed by atoms with Crippen molar-refractivity contribution in [3.63, 3.8) is 0 Å². The third kappa shape index (κ3) is 2.57. The molecule has 0 atom stereocenters. The molecule has 0 spiro atoms. The fourth-order valence-electron chi connectivity index (χ4n) is 0.705. The van der Waals surface area contributed by atoms with E-state index < -0.39 is 16.8 Å². The average molecular weight is 207 g/mol. The number of alkyl halides is 3. The quantitative estimate of drug-likeness (QED) is 0.592. The Morgan fingerprint density at radius 3 is 2.64 bits per heavy atom. The molecule has 0 aliphatic carbocycles. The van der Waals surface area contributed by atoms with Crippen molar-refractivity contribution in [2.75, 3.05) is 0 Å². The molecule has 0 aliphatic heterocycles. The molecule has 1 aromatic rings. The Morgan fingerprint density at radius 1 is 1.57 bits per heavy atom. The van der Waals surface area contributed by atoms with Gasteiger partial charge >= 0.3 is 6.18 Å². The average Bonchev–Trinajstić information content (AvgIpc) is 2.47. The number of nitro groups is 1. The maximum atomic E-state index is 12.0. The summed E-state index contributed by atoms with van der Waals surface area (Å²) in [6.07, 6.45) is -3.14. The zero-order chi connectivity index (χ0) is 10.8. The maximum absolute atomic E-state index is 12.0. The van der Waals surface area contributed by atoms with E-state index in [0.29, 0.717) is 12.3 Å². The van der Waals surface area contributed by atoms with Gasteiger partial charge in [0.2, 0.25) is 6.20 Å². The molecule has 1 rings (SSSR count). The summed E-state index contributed by atoms with van der Waals surface area (Å²) in [5.41, 5.74) is -1.19. The largest absolute Gasteiger partial charge is 0.432 e. The van der Waals surface area contributed by atoms with Gasteiger partial charge in [-0.2, -0.15) is 18.3 Å². The summed E-state index contributed by atoms with van der Waals surface area (Å²) in [4.78, 5) is 9.05. The summed E-state index contributed by atoms with van der Waals surface area (Å²) in [5.74, 6) is 0. The summed E-state index contributed by atoms with van der Waals surface area (Å²) in [5, 5.41) is 14.8. The molecule has 1 N–H and O–H groups in total. The number of nitrogens with one attached hydrogen (secondary N) is 1. The van der Waals surface area contributed by atoms with Crippen molar-refractivity contribution in [3.8, 4) is 0 Å². The zero-order valence-electron chi connectivity index (χ0n) is 6.58. The highest BCUT2D eigenvalue weighted by atomic mass is 19.4. The number of hydrogen-bond acceptors (Lipinski definition) is 3. The van der Waals surface area contributed by atoms with Crippen molar-refractivity contribution in [1.29, 1.82) is 0 Å². The number of aromatic nitrogens is 2. The van der Waals surface area contributed by atoms with Crippen LogP contribution in [0.4, 0.5) is 13.2 Å². The fourth-order valence-corrected chi connectivity index (χ4v) is 0.705. The minimum absolute atomic E-state index is 0.144. The number of H-pyrrole nitrogens is 1. The second-order valence-electron chi connectivity index (χ2n) is 2.31. The van der Waals surface area contributed by atoms with E-state index in [1.165, 1.54) is 0 Å². The molecule has 0 radical (unpaired) electrons. The predicted molar refractivity (Wildman–Crippen MR) is 39.6 cm³/mol. The van der Waals surface area contributed by atoms with E-state index in [9.17, 15) is 23.3 Å². The van der Waals surface area contributed by atoms with Crippen molar-refractivity contribution in [2.45, 2.75) is 6.18 Å². The zero-order valence-corrected chi connectivity index (χ0v) is 6.58. The van der Waals surface area contributed by atoms with Crippen LogP contribution in [-0.2, 0) is 6.18 Å². The molecule has 14 heavy (non-hydrogen) atoms. The van der Waals surface area contributed by atoms with Crippen molar-refractivity contribution in [3.05, 3.63) is 33.8 Å². The molecule has 1 aromatic heterocycles. The summed E-state index contributed by atoms with van der Waals surface area (Å²) in [6.45, 7) is 0. The number of nitrogens with zero attached hydrogens (tertiary/aromatic N) is 2. The van der Waals surface area contributed by atoms with Gasteiger partial charge in [-0.3, -0.25) is 15.2 Å². The van der Waals surface area contributed by atoms with Gasteiger partial charge in [-0.25, -0.2) is 0 Å². The first-order valence-corrected chi connectivity index (χ1v) is 3.34. The molecule has 0 saturated carbocycles. The van der Waals surface area contributed by atoms with Crippen LogP contribution in [0.25, 0.3) is 6.08 Å². The van der Waals surface area contributed by atoms with Gasteiger partial charge in [-0.15, -0.1) is 0 Å². The van der Waals surface area contributed by atoms with Crippen molar-refractivity contribution in [2.24, 2.45) is 0 Å². The standard InChI is InChI=1S/C6H4F3N3O2/c7-6(8,9)5-3-4(10-11-5)1-2-12(13)14/h1-3H,(H,10,11)/b2-1+.